The van der Waals surface area contributed by atoms with E-state index in [1.165, 1.54) is 18.5 Å². The van der Waals surface area contributed by atoms with Crippen LogP contribution in [0.5, 0.6) is 0 Å². The van der Waals surface area contributed by atoms with E-state index in [4.69, 9.17) is 5.73 Å². The minimum Gasteiger partial charge on any atom is -0.369 e. The molecule has 0 aromatic heterocycles. The molecule has 0 amide bonds. The Bertz CT molecular complexity index is 418. The van der Waals surface area contributed by atoms with Gasteiger partial charge < -0.3 is 10.6 Å². The molecule has 0 radical (unpaired) electrons. The van der Waals surface area contributed by atoms with E-state index < -0.39 is 0 Å². The molecular weight excluding hydrogens is 198 g/mol. The number of benzene rings is 1. The maximum Gasteiger partial charge on any atom is 0.196 e. The molecule has 3 nitrogen and oxygen atoms in total. The first-order valence-electron chi connectivity index (χ1n) is 5.86. The van der Waals surface area contributed by atoms with Gasteiger partial charge in [-0.25, -0.2) is 0 Å². The van der Waals surface area contributed by atoms with E-state index in [0.29, 0.717) is 5.96 Å². The summed E-state index contributed by atoms with van der Waals surface area (Å²) < 4.78 is 0. The molecule has 1 fully saturated rings. The minimum absolute atomic E-state index is 0.185. The molecule has 1 aliphatic heterocycles. The van der Waals surface area contributed by atoms with Crippen LogP contribution in [-0.4, -0.2) is 18.0 Å². The van der Waals surface area contributed by atoms with Crippen molar-refractivity contribution in [3.8, 4) is 0 Å². The SMILES string of the molecule is CC1CC2(CN=C(N)N2c2ccccc2)C1. The molecule has 1 aromatic carbocycles. The maximum atomic E-state index is 6.02. The van der Waals surface area contributed by atoms with Crippen LogP contribution in [0.4, 0.5) is 5.69 Å². The summed E-state index contributed by atoms with van der Waals surface area (Å²) in [5.74, 6) is 1.48. The monoisotopic (exact) mass is 215 g/mol. The van der Waals surface area contributed by atoms with E-state index in [9.17, 15) is 0 Å². The van der Waals surface area contributed by atoms with Crippen LogP contribution >= 0.6 is 0 Å². The zero-order chi connectivity index (χ0) is 11.2. The largest absolute Gasteiger partial charge is 0.369 e. The van der Waals surface area contributed by atoms with Gasteiger partial charge in [-0.1, -0.05) is 25.1 Å². The lowest BCUT2D eigenvalue weighted by Gasteiger charge is -2.49. The van der Waals surface area contributed by atoms with Gasteiger partial charge >= 0.3 is 0 Å². The first-order chi connectivity index (χ1) is 7.71. The smallest absolute Gasteiger partial charge is 0.196 e. The molecule has 1 aliphatic carbocycles. The Morgan fingerprint density at radius 1 is 1.31 bits per heavy atom. The standard InChI is InChI=1S/C13H17N3/c1-10-7-13(8-10)9-15-12(14)16(13)11-5-3-2-4-6-11/h2-6,10H,7-9H2,1H3,(H2,14,15). The molecule has 1 aromatic rings. The molecule has 1 saturated carbocycles. The minimum atomic E-state index is 0.185. The summed E-state index contributed by atoms with van der Waals surface area (Å²) in [4.78, 5) is 6.65. The summed E-state index contributed by atoms with van der Waals surface area (Å²) >= 11 is 0. The molecule has 84 valence electrons. The number of para-hydroxylation sites is 1. The highest BCUT2D eigenvalue weighted by molar-refractivity contribution is 5.98. The molecule has 0 atom stereocenters. The van der Waals surface area contributed by atoms with Crippen molar-refractivity contribution in [2.24, 2.45) is 16.6 Å². The highest BCUT2D eigenvalue weighted by atomic mass is 15.4. The summed E-state index contributed by atoms with van der Waals surface area (Å²) in [6.45, 7) is 3.15. The third-order valence-corrected chi connectivity index (χ3v) is 3.71. The van der Waals surface area contributed by atoms with Gasteiger partial charge in [-0.3, -0.25) is 4.99 Å². The molecule has 1 heterocycles. The van der Waals surface area contributed by atoms with Gasteiger partial charge in [0.2, 0.25) is 0 Å². The first-order valence-corrected chi connectivity index (χ1v) is 5.86. The van der Waals surface area contributed by atoms with Gasteiger partial charge in [-0.05, 0) is 30.9 Å². The molecule has 1 spiro atoms. The average molecular weight is 215 g/mol. The zero-order valence-corrected chi connectivity index (χ0v) is 9.56. The van der Waals surface area contributed by atoms with Crippen molar-refractivity contribution >= 4 is 11.6 Å². The van der Waals surface area contributed by atoms with Crippen molar-refractivity contribution in [2.75, 3.05) is 11.4 Å². The lowest BCUT2D eigenvalue weighted by atomic mass is 9.68. The molecule has 0 unspecified atom stereocenters. The van der Waals surface area contributed by atoms with Crippen LogP contribution in [0.3, 0.4) is 0 Å². The fourth-order valence-electron chi connectivity index (χ4n) is 3.14. The van der Waals surface area contributed by atoms with Crippen molar-refractivity contribution in [3.63, 3.8) is 0 Å². The van der Waals surface area contributed by atoms with Crippen LogP contribution in [0.25, 0.3) is 0 Å². The Kier molecular flexibility index (Phi) is 1.96. The number of guanidine groups is 1. The summed E-state index contributed by atoms with van der Waals surface area (Å²) in [5.41, 5.74) is 7.38. The molecule has 0 saturated heterocycles. The summed E-state index contributed by atoms with van der Waals surface area (Å²) in [5, 5.41) is 0. The lowest BCUT2D eigenvalue weighted by molar-refractivity contribution is 0.182. The fourth-order valence-corrected chi connectivity index (χ4v) is 3.14. The summed E-state index contributed by atoms with van der Waals surface area (Å²) in [6, 6.07) is 10.4. The highest BCUT2D eigenvalue weighted by Crippen LogP contribution is 2.46. The average Bonchev–Trinajstić information content (AvgIpc) is 2.57. The number of nitrogens with two attached hydrogens (primary N) is 1. The van der Waals surface area contributed by atoms with E-state index in [1.807, 2.05) is 6.07 Å². The Hall–Kier alpha value is -1.51. The van der Waals surface area contributed by atoms with Crippen LogP contribution < -0.4 is 10.6 Å². The van der Waals surface area contributed by atoms with E-state index in [2.05, 4.69) is 41.1 Å². The molecule has 0 bridgehead atoms. The van der Waals surface area contributed by atoms with Crippen molar-refractivity contribution in [3.05, 3.63) is 30.3 Å². The molecule has 2 N–H and O–H groups in total. The number of aliphatic imine (C=N–C) groups is 1. The van der Waals surface area contributed by atoms with Gasteiger partial charge in [-0.15, -0.1) is 0 Å². The lowest BCUT2D eigenvalue weighted by Crippen LogP contribution is -2.59. The zero-order valence-electron chi connectivity index (χ0n) is 9.56. The second-order valence-corrected chi connectivity index (χ2v) is 5.08. The fraction of sp³-hybridized carbons (Fsp3) is 0.462. The summed E-state index contributed by atoms with van der Waals surface area (Å²) in [6.07, 6.45) is 2.40. The Morgan fingerprint density at radius 2 is 2.00 bits per heavy atom. The van der Waals surface area contributed by atoms with E-state index in [0.717, 1.165) is 12.5 Å². The first kappa shape index (κ1) is 9.70. The van der Waals surface area contributed by atoms with Gasteiger partial charge in [0.05, 0.1) is 12.1 Å². The molecule has 3 rings (SSSR count). The van der Waals surface area contributed by atoms with Gasteiger partial charge in [0.1, 0.15) is 0 Å². The van der Waals surface area contributed by atoms with Crippen molar-refractivity contribution in [1.29, 1.82) is 0 Å². The normalized spacial score (nSPS) is 32.7. The number of hydrogen-bond acceptors (Lipinski definition) is 3. The third kappa shape index (κ3) is 1.24. The van der Waals surface area contributed by atoms with Crippen LogP contribution in [0.1, 0.15) is 19.8 Å². The third-order valence-electron chi connectivity index (χ3n) is 3.71. The number of hydrogen-bond donors (Lipinski definition) is 1. The topological polar surface area (TPSA) is 41.6 Å². The number of nitrogens with zero attached hydrogens (tertiary/aromatic N) is 2. The van der Waals surface area contributed by atoms with Crippen LogP contribution in [0.2, 0.25) is 0 Å². The molecule has 16 heavy (non-hydrogen) atoms. The second kappa shape index (κ2) is 3.24. The Morgan fingerprint density at radius 3 is 2.62 bits per heavy atom. The van der Waals surface area contributed by atoms with Crippen molar-refractivity contribution < 1.29 is 0 Å². The number of anilines is 1. The Balaban J connectivity index is 1.95. The van der Waals surface area contributed by atoms with E-state index >= 15 is 0 Å². The summed E-state index contributed by atoms with van der Waals surface area (Å²) in [7, 11) is 0. The highest BCUT2D eigenvalue weighted by Gasteiger charge is 2.50. The molecular formula is C13H17N3. The molecule has 2 aliphatic rings. The van der Waals surface area contributed by atoms with E-state index in [1.54, 1.807) is 0 Å². The van der Waals surface area contributed by atoms with Gasteiger partial charge in [0.15, 0.2) is 5.96 Å². The van der Waals surface area contributed by atoms with Gasteiger partial charge in [-0.2, -0.15) is 0 Å². The van der Waals surface area contributed by atoms with E-state index in [-0.39, 0.29) is 5.54 Å². The van der Waals surface area contributed by atoms with Crippen LogP contribution in [0.15, 0.2) is 35.3 Å². The maximum absolute atomic E-state index is 6.02. The second-order valence-electron chi connectivity index (χ2n) is 5.08. The van der Waals surface area contributed by atoms with Crippen LogP contribution in [-0.2, 0) is 0 Å². The quantitative estimate of drug-likeness (QED) is 0.778. The predicted octanol–water partition coefficient (Wildman–Crippen LogP) is 1.99. The van der Waals surface area contributed by atoms with Crippen LogP contribution in [0, 0.1) is 5.92 Å². The van der Waals surface area contributed by atoms with Gasteiger partial charge in [0, 0.05) is 5.69 Å². The number of rotatable bonds is 1. The molecule has 3 heteroatoms. The Labute approximate surface area is 96.0 Å². The van der Waals surface area contributed by atoms with Crippen molar-refractivity contribution in [1.82, 2.24) is 0 Å². The predicted molar refractivity (Wildman–Crippen MR) is 66.5 cm³/mol. The van der Waals surface area contributed by atoms with Crippen molar-refractivity contribution in [2.45, 2.75) is 25.3 Å². The van der Waals surface area contributed by atoms with Gasteiger partial charge in [0.25, 0.3) is 0 Å².